The molecule has 1 N–H and O–H groups in total. The van der Waals surface area contributed by atoms with E-state index in [1.807, 2.05) is 0 Å². The minimum absolute atomic E-state index is 0.103. The van der Waals surface area contributed by atoms with Crippen LogP contribution in [0.3, 0.4) is 0 Å². The number of nitrogens with one attached hydrogen (secondary N) is 1. The largest absolute Gasteiger partial charge is 0.353 e. The topological polar surface area (TPSA) is 29.1 Å². The van der Waals surface area contributed by atoms with Crippen molar-refractivity contribution in [2.24, 2.45) is 0 Å². The first kappa shape index (κ1) is 19.2. The number of amides is 1. The van der Waals surface area contributed by atoms with E-state index in [2.05, 4.69) is 67.4 Å². The summed E-state index contributed by atoms with van der Waals surface area (Å²) in [6.07, 6.45) is 8.21. The van der Waals surface area contributed by atoms with Crippen LogP contribution in [0.5, 0.6) is 0 Å². The first-order valence-electron chi connectivity index (χ1n) is 10.1. The quantitative estimate of drug-likeness (QED) is 0.285. The van der Waals surface area contributed by atoms with Crippen LogP contribution in [0.4, 0.5) is 0 Å². The highest BCUT2D eigenvalue weighted by molar-refractivity contribution is 6.07. The molecule has 0 aliphatic carbocycles. The lowest BCUT2D eigenvalue weighted by Crippen LogP contribution is -2.22. The van der Waals surface area contributed by atoms with Crippen molar-refractivity contribution in [2.45, 2.75) is 45.4 Å². The van der Waals surface area contributed by atoms with Gasteiger partial charge in [0.15, 0.2) is 0 Å². The summed E-state index contributed by atoms with van der Waals surface area (Å²) in [4.78, 5) is 11.2. The Bertz CT molecular complexity index is 942. The van der Waals surface area contributed by atoms with E-state index >= 15 is 0 Å². The average molecular weight is 360 g/mol. The van der Waals surface area contributed by atoms with Gasteiger partial charge in [0.1, 0.15) is 0 Å². The van der Waals surface area contributed by atoms with Crippen molar-refractivity contribution in [1.82, 2.24) is 5.32 Å². The first-order valence-corrected chi connectivity index (χ1v) is 10.1. The molecule has 140 valence electrons. The monoisotopic (exact) mass is 359 g/mol. The molecule has 0 fully saturated rings. The second kappa shape index (κ2) is 9.36. The Balaban J connectivity index is 1.73. The van der Waals surface area contributed by atoms with E-state index in [4.69, 9.17) is 0 Å². The first-order chi connectivity index (χ1) is 13.2. The molecule has 0 saturated carbocycles. The van der Waals surface area contributed by atoms with E-state index in [-0.39, 0.29) is 5.91 Å². The molecule has 0 atom stereocenters. The van der Waals surface area contributed by atoms with Crippen LogP contribution in [0.2, 0.25) is 0 Å². The lowest BCUT2D eigenvalue weighted by Gasteiger charge is -2.09. The highest BCUT2D eigenvalue weighted by Gasteiger charge is 2.04. The molecule has 3 aromatic carbocycles. The fourth-order valence-electron chi connectivity index (χ4n) is 3.64. The summed E-state index contributed by atoms with van der Waals surface area (Å²) in [5, 5.41) is 8.09. The number of rotatable bonds is 9. The normalized spacial score (nSPS) is 11.0. The lowest BCUT2D eigenvalue weighted by atomic mass is 9.96. The molecule has 0 aliphatic heterocycles. The number of carbonyl (C=O) groups excluding carboxylic acids is 1. The van der Waals surface area contributed by atoms with E-state index in [1.54, 1.807) is 0 Å². The Morgan fingerprint density at radius 1 is 0.889 bits per heavy atom. The molecular weight excluding hydrogens is 330 g/mol. The van der Waals surface area contributed by atoms with E-state index < -0.39 is 0 Å². The van der Waals surface area contributed by atoms with Crippen molar-refractivity contribution in [1.29, 1.82) is 0 Å². The van der Waals surface area contributed by atoms with Gasteiger partial charge in [0.05, 0.1) is 0 Å². The second-order valence-electron chi connectivity index (χ2n) is 7.23. The number of unbranched alkanes of at least 4 members (excludes halogenated alkanes) is 2. The molecular formula is C25H29NO. The van der Waals surface area contributed by atoms with Gasteiger partial charge in [-0.1, -0.05) is 74.9 Å². The van der Waals surface area contributed by atoms with Crippen LogP contribution in [0, 0.1) is 0 Å². The van der Waals surface area contributed by atoms with Gasteiger partial charge >= 0.3 is 0 Å². The Hall–Kier alpha value is -2.61. The van der Waals surface area contributed by atoms with Gasteiger partial charge in [0, 0.05) is 6.54 Å². The molecule has 0 aromatic heterocycles. The minimum atomic E-state index is -0.103. The summed E-state index contributed by atoms with van der Waals surface area (Å²) < 4.78 is 0. The van der Waals surface area contributed by atoms with Crippen molar-refractivity contribution >= 4 is 27.5 Å². The van der Waals surface area contributed by atoms with Crippen LogP contribution in [-0.2, 0) is 17.6 Å². The molecule has 2 nitrogen and oxygen atoms in total. The Morgan fingerprint density at radius 3 is 2.04 bits per heavy atom. The second-order valence-corrected chi connectivity index (χ2v) is 7.23. The smallest absolute Gasteiger partial charge is 0.243 e. The zero-order chi connectivity index (χ0) is 19.1. The van der Waals surface area contributed by atoms with E-state index in [1.165, 1.54) is 64.4 Å². The number of carbonyl (C=O) groups is 1. The van der Waals surface area contributed by atoms with E-state index in [0.717, 1.165) is 12.8 Å². The van der Waals surface area contributed by atoms with Gasteiger partial charge in [-0.25, -0.2) is 0 Å². The van der Waals surface area contributed by atoms with Crippen LogP contribution in [0.25, 0.3) is 21.5 Å². The number of aryl methyl sites for hydroxylation is 2. The maximum atomic E-state index is 11.2. The minimum Gasteiger partial charge on any atom is -0.353 e. The molecule has 0 heterocycles. The molecule has 3 aromatic rings. The average Bonchev–Trinajstić information content (AvgIpc) is 2.70. The highest BCUT2D eigenvalue weighted by atomic mass is 16.1. The van der Waals surface area contributed by atoms with Crippen molar-refractivity contribution in [3.63, 3.8) is 0 Å². The molecule has 0 bridgehead atoms. The molecule has 27 heavy (non-hydrogen) atoms. The summed E-state index contributed by atoms with van der Waals surface area (Å²) >= 11 is 0. The lowest BCUT2D eigenvalue weighted by molar-refractivity contribution is -0.116. The fraction of sp³-hybridized carbons (Fsp3) is 0.320. The van der Waals surface area contributed by atoms with Gasteiger partial charge < -0.3 is 5.32 Å². The summed E-state index contributed by atoms with van der Waals surface area (Å²) in [5.74, 6) is -0.103. The maximum absolute atomic E-state index is 11.2. The number of fused-ring (bicyclic) bond motifs is 3. The predicted molar refractivity (Wildman–Crippen MR) is 116 cm³/mol. The van der Waals surface area contributed by atoms with E-state index in [0.29, 0.717) is 6.54 Å². The maximum Gasteiger partial charge on any atom is 0.243 e. The van der Waals surface area contributed by atoms with Gasteiger partial charge in [-0.2, -0.15) is 0 Å². The Labute approximate surface area is 162 Å². The van der Waals surface area contributed by atoms with Crippen LogP contribution < -0.4 is 5.32 Å². The standard InChI is InChI=1S/C25H29NO/c1-3-5-6-8-19-10-14-23-21(17-19)12-13-22-18-20(11-15-24(22)23)9-7-16-26-25(27)4-2/h4,10-15,17-18H,2-3,5-9,16H2,1H3,(H,26,27). The number of hydrogen-bond acceptors (Lipinski definition) is 1. The molecule has 0 aliphatic rings. The van der Waals surface area contributed by atoms with Crippen molar-refractivity contribution in [3.05, 3.63) is 72.3 Å². The van der Waals surface area contributed by atoms with Crippen molar-refractivity contribution < 1.29 is 4.79 Å². The Kier molecular flexibility index (Phi) is 6.64. The van der Waals surface area contributed by atoms with Crippen LogP contribution in [0.15, 0.2) is 61.2 Å². The zero-order valence-electron chi connectivity index (χ0n) is 16.3. The summed E-state index contributed by atoms with van der Waals surface area (Å²) in [7, 11) is 0. The van der Waals surface area contributed by atoms with Gasteiger partial charge in [0.2, 0.25) is 5.91 Å². The highest BCUT2D eigenvalue weighted by Crippen LogP contribution is 2.27. The van der Waals surface area contributed by atoms with Gasteiger partial charge in [0.25, 0.3) is 0 Å². The number of hydrogen-bond donors (Lipinski definition) is 1. The molecule has 3 rings (SSSR count). The Morgan fingerprint density at radius 2 is 1.48 bits per heavy atom. The summed E-state index contributed by atoms with van der Waals surface area (Å²) in [5.41, 5.74) is 2.75. The third-order valence-corrected chi connectivity index (χ3v) is 5.16. The third-order valence-electron chi connectivity index (χ3n) is 5.16. The van der Waals surface area contributed by atoms with Gasteiger partial charge in [-0.15, -0.1) is 0 Å². The third kappa shape index (κ3) is 4.97. The molecule has 1 amide bonds. The summed E-state index contributed by atoms with van der Waals surface area (Å²) in [6.45, 7) is 6.40. The van der Waals surface area contributed by atoms with Crippen molar-refractivity contribution in [3.8, 4) is 0 Å². The molecule has 0 unspecified atom stereocenters. The molecule has 0 spiro atoms. The van der Waals surface area contributed by atoms with Crippen LogP contribution >= 0.6 is 0 Å². The van der Waals surface area contributed by atoms with Gasteiger partial charge in [-0.3, -0.25) is 4.79 Å². The molecule has 0 radical (unpaired) electrons. The fourth-order valence-corrected chi connectivity index (χ4v) is 3.64. The van der Waals surface area contributed by atoms with E-state index in [9.17, 15) is 4.79 Å². The molecule has 2 heteroatoms. The zero-order valence-corrected chi connectivity index (χ0v) is 16.3. The van der Waals surface area contributed by atoms with Crippen LogP contribution in [0.1, 0.15) is 43.7 Å². The SMILES string of the molecule is C=CC(=O)NCCCc1ccc2c(ccc3cc(CCCCC)ccc32)c1. The van der Waals surface area contributed by atoms with Crippen LogP contribution in [-0.4, -0.2) is 12.5 Å². The molecule has 0 saturated heterocycles. The summed E-state index contributed by atoms with van der Waals surface area (Å²) in [6, 6.07) is 18.1. The number of benzene rings is 3. The van der Waals surface area contributed by atoms with Gasteiger partial charge in [-0.05, 0) is 64.4 Å². The van der Waals surface area contributed by atoms with Crippen molar-refractivity contribution in [2.75, 3.05) is 6.54 Å². The predicted octanol–water partition coefficient (Wildman–Crippen LogP) is 5.96.